The Morgan fingerprint density at radius 2 is 1.70 bits per heavy atom. The average molecular weight is 420 g/mol. The largest absolute Gasteiger partial charge is 0.351 e. The molecule has 152 valence electrons. The van der Waals surface area contributed by atoms with Gasteiger partial charge in [-0.15, -0.1) is 11.6 Å². The molecule has 30 heavy (non-hydrogen) atoms. The van der Waals surface area contributed by atoms with Crippen molar-refractivity contribution < 1.29 is 9.59 Å². The predicted octanol–water partition coefficient (Wildman–Crippen LogP) is 4.34. The molecule has 2 aromatic carbocycles. The molecule has 4 rings (SSSR count). The number of benzene rings is 2. The lowest BCUT2D eigenvalue weighted by Gasteiger charge is -2.31. The second kappa shape index (κ2) is 9.09. The Morgan fingerprint density at radius 1 is 1.00 bits per heavy atom. The van der Waals surface area contributed by atoms with Crippen LogP contribution in [0.3, 0.4) is 0 Å². The summed E-state index contributed by atoms with van der Waals surface area (Å²) >= 11 is 5.94. The number of carbonyl (C=O) groups excluding carboxylic acids is 2. The maximum atomic E-state index is 13.1. The lowest BCUT2D eigenvalue weighted by molar-refractivity contribution is -0.126. The van der Waals surface area contributed by atoms with Crippen molar-refractivity contribution in [1.82, 2.24) is 10.3 Å². The molecule has 1 heterocycles. The van der Waals surface area contributed by atoms with Crippen molar-refractivity contribution in [2.24, 2.45) is 0 Å². The van der Waals surface area contributed by atoms with Gasteiger partial charge in [-0.05, 0) is 42.2 Å². The molecule has 2 amide bonds. The van der Waals surface area contributed by atoms with E-state index in [0.717, 1.165) is 24.0 Å². The zero-order valence-corrected chi connectivity index (χ0v) is 17.1. The number of aromatic nitrogens is 1. The number of anilines is 1. The molecular weight excluding hydrogens is 398 g/mol. The fraction of sp³-hybridized carbons (Fsp3) is 0.208. The molecule has 1 N–H and O–H groups in total. The molecule has 1 aliphatic rings. The topological polar surface area (TPSA) is 62.3 Å². The van der Waals surface area contributed by atoms with E-state index in [1.54, 1.807) is 24.5 Å². The number of hydrogen-bond donors (Lipinski definition) is 1. The van der Waals surface area contributed by atoms with E-state index in [-0.39, 0.29) is 23.7 Å². The third-order valence-corrected chi connectivity index (χ3v) is 5.29. The van der Waals surface area contributed by atoms with Gasteiger partial charge in [0.15, 0.2) is 0 Å². The zero-order valence-electron chi connectivity index (χ0n) is 16.4. The van der Waals surface area contributed by atoms with Gasteiger partial charge in [-0.25, -0.2) is 0 Å². The van der Waals surface area contributed by atoms with Crippen molar-refractivity contribution in [3.63, 3.8) is 0 Å². The molecule has 1 aromatic heterocycles. The normalized spacial score (nSPS) is 14.0. The van der Waals surface area contributed by atoms with Gasteiger partial charge in [0.2, 0.25) is 11.8 Å². The van der Waals surface area contributed by atoms with Crippen molar-refractivity contribution >= 4 is 29.1 Å². The van der Waals surface area contributed by atoms with Gasteiger partial charge in [0.1, 0.15) is 11.9 Å². The van der Waals surface area contributed by atoms with Gasteiger partial charge in [-0.2, -0.15) is 0 Å². The van der Waals surface area contributed by atoms with Crippen LogP contribution in [0.1, 0.15) is 24.4 Å². The molecule has 0 saturated heterocycles. The van der Waals surface area contributed by atoms with Crippen molar-refractivity contribution in [3.8, 4) is 11.1 Å². The molecule has 3 aromatic rings. The molecule has 1 fully saturated rings. The third-order valence-electron chi connectivity index (χ3n) is 5.07. The lowest BCUT2D eigenvalue weighted by atomic mass is 10.0. The second-order valence-electron chi connectivity index (χ2n) is 7.28. The van der Waals surface area contributed by atoms with E-state index < -0.39 is 6.04 Å². The van der Waals surface area contributed by atoms with Crippen molar-refractivity contribution in [2.45, 2.75) is 24.9 Å². The van der Waals surface area contributed by atoms with Gasteiger partial charge in [-0.3, -0.25) is 19.5 Å². The Bertz CT molecular complexity index is 1010. The maximum Gasteiger partial charge on any atom is 0.248 e. The number of alkyl halides is 1. The van der Waals surface area contributed by atoms with Crippen LogP contribution < -0.4 is 10.2 Å². The fourth-order valence-electron chi connectivity index (χ4n) is 3.41. The predicted molar refractivity (Wildman–Crippen MR) is 118 cm³/mol. The molecule has 0 bridgehead atoms. The minimum absolute atomic E-state index is 0.171. The monoisotopic (exact) mass is 419 g/mol. The second-order valence-corrected chi connectivity index (χ2v) is 7.55. The number of rotatable bonds is 7. The molecule has 1 saturated carbocycles. The van der Waals surface area contributed by atoms with Crippen LogP contribution in [0.4, 0.5) is 5.69 Å². The molecular formula is C24H22ClN3O2. The van der Waals surface area contributed by atoms with Gasteiger partial charge in [0, 0.05) is 29.7 Å². The van der Waals surface area contributed by atoms with Crippen LogP contribution in [-0.4, -0.2) is 28.7 Å². The molecule has 0 spiro atoms. The van der Waals surface area contributed by atoms with Crippen LogP contribution in [-0.2, 0) is 9.59 Å². The van der Waals surface area contributed by atoms with Gasteiger partial charge >= 0.3 is 0 Å². The van der Waals surface area contributed by atoms with E-state index in [0.29, 0.717) is 11.3 Å². The number of nitrogens with one attached hydrogen (secondary N) is 1. The first-order valence-corrected chi connectivity index (χ1v) is 10.4. The van der Waals surface area contributed by atoms with E-state index >= 15 is 0 Å². The summed E-state index contributed by atoms with van der Waals surface area (Å²) < 4.78 is 0. The quantitative estimate of drug-likeness (QED) is 0.579. The highest BCUT2D eigenvalue weighted by molar-refractivity contribution is 6.29. The Morgan fingerprint density at radius 3 is 2.30 bits per heavy atom. The highest BCUT2D eigenvalue weighted by atomic mass is 35.5. The Balaban J connectivity index is 1.72. The third kappa shape index (κ3) is 4.52. The Hall–Kier alpha value is -3.18. The molecule has 1 atom stereocenters. The number of nitrogens with zero attached hydrogens (tertiary/aromatic N) is 2. The SMILES string of the molecule is O=C(NC1CC1)C(c1cccnc1)N(C(=O)CCl)c1ccc(-c2ccccc2)cc1. The lowest BCUT2D eigenvalue weighted by Crippen LogP contribution is -2.45. The molecule has 1 unspecified atom stereocenters. The maximum absolute atomic E-state index is 13.1. The number of hydrogen-bond acceptors (Lipinski definition) is 3. The van der Waals surface area contributed by atoms with Gasteiger partial charge < -0.3 is 5.32 Å². The molecule has 6 heteroatoms. The summed E-state index contributed by atoms with van der Waals surface area (Å²) in [6.07, 6.45) is 5.17. The van der Waals surface area contributed by atoms with Crippen LogP contribution in [0, 0.1) is 0 Å². The first kappa shape index (κ1) is 20.1. The van der Waals surface area contributed by atoms with E-state index in [2.05, 4.69) is 10.3 Å². The zero-order chi connectivity index (χ0) is 20.9. The van der Waals surface area contributed by atoms with Gasteiger partial charge in [-0.1, -0.05) is 48.5 Å². The smallest absolute Gasteiger partial charge is 0.248 e. The first-order valence-electron chi connectivity index (χ1n) is 9.91. The first-order chi connectivity index (χ1) is 14.7. The fourth-order valence-corrected chi connectivity index (χ4v) is 3.54. The summed E-state index contributed by atoms with van der Waals surface area (Å²) in [6.45, 7) is 0. The van der Waals surface area contributed by atoms with Crippen molar-refractivity contribution in [2.75, 3.05) is 10.8 Å². The summed E-state index contributed by atoms with van der Waals surface area (Å²) in [5, 5.41) is 3.02. The van der Waals surface area contributed by atoms with Crippen LogP contribution in [0.25, 0.3) is 11.1 Å². The molecule has 0 radical (unpaired) electrons. The highest BCUT2D eigenvalue weighted by Crippen LogP contribution is 2.31. The Labute approximate surface area is 180 Å². The number of carbonyl (C=O) groups is 2. The van der Waals surface area contributed by atoms with Crippen LogP contribution in [0.2, 0.25) is 0 Å². The summed E-state index contributed by atoms with van der Waals surface area (Å²) in [5.41, 5.74) is 3.36. The van der Waals surface area contributed by atoms with Crippen molar-refractivity contribution in [1.29, 1.82) is 0 Å². The molecule has 5 nitrogen and oxygen atoms in total. The van der Waals surface area contributed by atoms with Crippen molar-refractivity contribution in [3.05, 3.63) is 84.7 Å². The average Bonchev–Trinajstić information content (AvgIpc) is 3.62. The van der Waals surface area contributed by atoms with Gasteiger partial charge in [0.25, 0.3) is 0 Å². The minimum Gasteiger partial charge on any atom is -0.351 e. The summed E-state index contributed by atoms with van der Waals surface area (Å²) in [6, 6.07) is 20.5. The van der Waals surface area contributed by atoms with E-state index in [4.69, 9.17) is 11.6 Å². The van der Waals surface area contributed by atoms with E-state index in [1.165, 1.54) is 4.90 Å². The van der Waals surface area contributed by atoms with Crippen LogP contribution >= 0.6 is 11.6 Å². The van der Waals surface area contributed by atoms with E-state index in [1.807, 2.05) is 54.6 Å². The summed E-state index contributed by atoms with van der Waals surface area (Å²) in [7, 11) is 0. The number of amides is 2. The van der Waals surface area contributed by atoms with Crippen LogP contribution in [0.5, 0.6) is 0 Å². The Kier molecular flexibility index (Phi) is 6.10. The van der Waals surface area contributed by atoms with Crippen LogP contribution in [0.15, 0.2) is 79.1 Å². The molecule has 0 aliphatic heterocycles. The summed E-state index contributed by atoms with van der Waals surface area (Å²) in [5.74, 6) is -0.798. The molecule has 1 aliphatic carbocycles. The van der Waals surface area contributed by atoms with E-state index in [9.17, 15) is 9.59 Å². The minimum atomic E-state index is -0.840. The standard InChI is InChI=1S/C24H22ClN3O2/c25-15-22(29)28(21-12-8-18(9-13-21)17-5-2-1-3-6-17)23(19-7-4-14-26-16-19)24(30)27-20-10-11-20/h1-9,12-14,16,20,23H,10-11,15H2,(H,27,30). The number of pyridine rings is 1. The highest BCUT2D eigenvalue weighted by Gasteiger charge is 2.35. The number of halogens is 1. The van der Waals surface area contributed by atoms with Gasteiger partial charge in [0.05, 0.1) is 0 Å². The summed E-state index contributed by atoms with van der Waals surface area (Å²) in [4.78, 5) is 31.6.